The molecular formula is C11H10N4. The molecule has 0 amide bonds. The van der Waals surface area contributed by atoms with E-state index in [2.05, 4.69) is 19.9 Å². The summed E-state index contributed by atoms with van der Waals surface area (Å²) in [4.78, 5) is 16.2. The van der Waals surface area contributed by atoms with Gasteiger partial charge in [-0.1, -0.05) is 0 Å². The first-order valence-electron chi connectivity index (χ1n) is 4.81. The summed E-state index contributed by atoms with van der Waals surface area (Å²) in [7, 11) is 0. The Hall–Kier alpha value is -1.97. The molecule has 4 heteroatoms. The second-order valence-corrected chi connectivity index (χ2v) is 3.72. The molecule has 2 heterocycles. The highest BCUT2D eigenvalue weighted by molar-refractivity contribution is 6.01. The lowest BCUT2D eigenvalue weighted by Crippen LogP contribution is -1.90. The molecule has 0 radical (unpaired) electrons. The lowest BCUT2D eigenvalue weighted by atomic mass is 10.1. The third-order valence-electron chi connectivity index (χ3n) is 2.54. The number of hydrogen-bond donors (Lipinski definition) is 1. The van der Waals surface area contributed by atoms with Gasteiger partial charge < -0.3 is 4.98 Å². The fourth-order valence-electron chi connectivity index (χ4n) is 1.83. The minimum atomic E-state index is 0.904. The molecule has 0 spiro atoms. The molecule has 0 fully saturated rings. The molecule has 15 heavy (non-hydrogen) atoms. The Balaban J connectivity index is 2.61. The minimum Gasteiger partial charge on any atom is -0.354 e. The number of fused-ring (bicyclic) bond motifs is 3. The van der Waals surface area contributed by atoms with E-state index in [1.165, 1.54) is 0 Å². The van der Waals surface area contributed by atoms with E-state index in [0.29, 0.717) is 0 Å². The Morgan fingerprint density at radius 2 is 1.87 bits per heavy atom. The molecule has 3 rings (SSSR count). The van der Waals surface area contributed by atoms with Gasteiger partial charge in [0, 0.05) is 11.9 Å². The molecule has 0 saturated carbocycles. The topological polar surface area (TPSA) is 54.5 Å². The van der Waals surface area contributed by atoms with Crippen molar-refractivity contribution in [2.45, 2.75) is 13.8 Å². The quantitative estimate of drug-likeness (QED) is 0.602. The molecule has 1 aromatic carbocycles. The van der Waals surface area contributed by atoms with Crippen molar-refractivity contribution < 1.29 is 0 Å². The van der Waals surface area contributed by atoms with E-state index in [1.54, 1.807) is 6.33 Å². The Kier molecular flexibility index (Phi) is 1.54. The Morgan fingerprint density at radius 3 is 2.73 bits per heavy atom. The van der Waals surface area contributed by atoms with Crippen molar-refractivity contribution in [1.82, 2.24) is 19.9 Å². The van der Waals surface area contributed by atoms with Crippen molar-refractivity contribution >= 4 is 22.1 Å². The molecule has 0 aliphatic heterocycles. The van der Waals surface area contributed by atoms with Crippen LogP contribution in [0.5, 0.6) is 0 Å². The number of rotatable bonds is 0. The van der Waals surface area contributed by atoms with Crippen LogP contribution in [-0.2, 0) is 0 Å². The molecule has 74 valence electrons. The highest BCUT2D eigenvalue weighted by Gasteiger charge is 2.07. The maximum Gasteiger partial charge on any atom is 0.117 e. The van der Waals surface area contributed by atoms with Crippen molar-refractivity contribution in [3.63, 3.8) is 0 Å². The van der Waals surface area contributed by atoms with Gasteiger partial charge in [-0.2, -0.15) is 0 Å². The summed E-state index contributed by atoms with van der Waals surface area (Å²) in [5.41, 5.74) is 5.89. The van der Waals surface area contributed by atoms with E-state index in [0.717, 1.165) is 33.3 Å². The van der Waals surface area contributed by atoms with Gasteiger partial charge in [0.05, 0.1) is 16.6 Å². The summed E-state index contributed by atoms with van der Waals surface area (Å²) in [6, 6.07) is 2.03. The van der Waals surface area contributed by atoms with Gasteiger partial charge in [-0.3, -0.25) is 4.98 Å². The maximum absolute atomic E-state index is 4.37. The smallest absolute Gasteiger partial charge is 0.117 e. The van der Waals surface area contributed by atoms with Crippen LogP contribution in [0.2, 0.25) is 0 Å². The molecule has 4 nitrogen and oxygen atoms in total. The number of aromatic amines is 1. The van der Waals surface area contributed by atoms with Crippen LogP contribution in [0.25, 0.3) is 22.1 Å². The van der Waals surface area contributed by atoms with Gasteiger partial charge in [0.15, 0.2) is 0 Å². The Morgan fingerprint density at radius 1 is 1.07 bits per heavy atom. The van der Waals surface area contributed by atoms with Gasteiger partial charge in [0.1, 0.15) is 11.8 Å². The standard InChI is InChI=1S/C11H10N4/c1-6-3-8-10(15-7(2)4-12-8)11-9(6)13-5-14-11/h3-5,15H,1-2H3. The highest BCUT2D eigenvalue weighted by Crippen LogP contribution is 2.22. The van der Waals surface area contributed by atoms with E-state index < -0.39 is 0 Å². The van der Waals surface area contributed by atoms with Crippen molar-refractivity contribution in [3.8, 4) is 0 Å². The lowest BCUT2D eigenvalue weighted by Gasteiger charge is -2.02. The fourth-order valence-corrected chi connectivity index (χ4v) is 1.83. The van der Waals surface area contributed by atoms with Gasteiger partial charge in [0.25, 0.3) is 0 Å². The van der Waals surface area contributed by atoms with Gasteiger partial charge in [-0.15, -0.1) is 0 Å². The lowest BCUT2D eigenvalue weighted by molar-refractivity contribution is 1.19. The fraction of sp³-hybridized carbons (Fsp3) is 0.182. The monoisotopic (exact) mass is 198 g/mol. The van der Waals surface area contributed by atoms with Crippen LogP contribution in [-0.4, -0.2) is 19.9 Å². The molecule has 0 saturated heterocycles. The first-order chi connectivity index (χ1) is 7.25. The van der Waals surface area contributed by atoms with Gasteiger partial charge in [-0.05, 0) is 25.5 Å². The summed E-state index contributed by atoms with van der Waals surface area (Å²) in [5, 5.41) is 0. The molecule has 0 aliphatic rings. The summed E-state index contributed by atoms with van der Waals surface area (Å²) in [6.07, 6.45) is 3.41. The molecule has 0 atom stereocenters. The molecule has 0 unspecified atom stereocenters. The van der Waals surface area contributed by atoms with E-state index in [4.69, 9.17) is 0 Å². The zero-order valence-corrected chi connectivity index (χ0v) is 8.57. The predicted octanol–water partition coefficient (Wildman–Crippen LogP) is 2.12. The second-order valence-electron chi connectivity index (χ2n) is 3.72. The molecular weight excluding hydrogens is 188 g/mol. The van der Waals surface area contributed by atoms with Crippen LogP contribution in [0.15, 0.2) is 18.6 Å². The zero-order valence-electron chi connectivity index (χ0n) is 8.57. The first-order valence-corrected chi connectivity index (χ1v) is 4.81. The second kappa shape index (κ2) is 2.76. The highest BCUT2D eigenvalue weighted by atomic mass is 14.9. The van der Waals surface area contributed by atoms with Crippen molar-refractivity contribution in [3.05, 3.63) is 29.8 Å². The predicted molar refractivity (Wildman–Crippen MR) is 58.7 cm³/mol. The number of imidazole rings is 1. The Labute approximate surface area is 86.4 Å². The number of benzene rings is 1. The third kappa shape index (κ3) is 1.11. The van der Waals surface area contributed by atoms with E-state index >= 15 is 0 Å². The SMILES string of the molecule is Cc1cnc2cc(C)c3ncnc3c2[nH]1. The number of hydrogen-bond acceptors (Lipinski definition) is 3. The largest absolute Gasteiger partial charge is 0.354 e. The first kappa shape index (κ1) is 8.35. The van der Waals surface area contributed by atoms with E-state index in [9.17, 15) is 0 Å². The normalized spacial score (nSPS) is 11.3. The van der Waals surface area contributed by atoms with Crippen molar-refractivity contribution in [2.24, 2.45) is 0 Å². The van der Waals surface area contributed by atoms with Crippen LogP contribution < -0.4 is 0 Å². The third-order valence-corrected chi connectivity index (χ3v) is 2.54. The zero-order chi connectivity index (χ0) is 10.4. The number of aromatic nitrogens is 4. The molecule has 1 N–H and O–H groups in total. The summed E-state index contributed by atoms with van der Waals surface area (Å²) < 4.78 is 0. The molecule has 0 bridgehead atoms. The van der Waals surface area contributed by atoms with E-state index in [-0.39, 0.29) is 0 Å². The summed E-state index contributed by atoms with van der Waals surface area (Å²) in [6.45, 7) is 4.01. The average Bonchev–Trinajstić information content (AvgIpc) is 2.69. The number of H-pyrrole nitrogens is 1. The maximum atomic E-state index is 4.37. The number of nitrogens with zero attached hydrogens (tertiary/aromatic N) is 3. The Bertz CT molecular complexity index is 654. The van der Waals surface area contributed by atoms with Crippen LogP contribution in [0.3, 0.4) is 0 Å². The minimum absolute atomic E-state index is 0.904. The van der Waals surface area contributed by atoms with Gasteiger partial charge in [0.2, 0.25) is 0 Å². The molecule has 2 aromatic heterocycles. The molecule has 0 aliphatic carbocycles. The number of nitrogens with one attached hydrogen (secondary N) is 1. The van der Waals surface area contributed by atoms with Crippen LogP contribution >= 0.6 is 0 Å². The summed E-state index contributed by atoms with van der Waals surface area (Å²) >= 11 is 0. The summed E-state index contributed by atoms with van der Waals surface area (Å²) in [5.74, 6) is 0. The van der Waals surface area contributed by atoms with Gasteiger partial charge in [-0.25, -0.2) is 9.97 Å². The van der Waals surface area contributed by atoms with Crippen LogP contribution in [0.4, 0.5) is 0 Å². The van der Waals surface area contributed by atoms with Crippen LogP contribution in [0, 0.1) is 13.8 Å². The molecule has 3 aromatic rings. The average molecular weight is 198 g/mol. The van der Waals surface area contributed by atoms with Crippen molar-refractivity contribution in [2.75, 3.05) is 0 Å². The number of aryl methyl sites for hydroxylation is 2. The van der Waals surface area contributed by atoms with E-state index in [1.807, 2.05) is 26.1 Å². The van der Waals surface area contributed by atoms with Crippen LogP contribution in [0.1, 0.15) is 11.3 Å². The van der Waals surface area contributed by atoms with Crippen molar-refractivity contribution in [1.29, 1.82) is 0 Å². The van der Waals surface area contributed by atoms with Gasteiger partial charge >= 0.3 is 0 Å².